The molecule has 1 amide bonds. The van der Waals surface area contributed by atoms with Gasteiger partial charge in [0.2, 0.25) is 5.91 Å². The van der Waals surface area contributed by atoms with Crippen molar-refractivity contribution in [2.45, 2.75) is 19.9 Å². The second-order valence-corrected chi connectivity index (χ2v) is 4.06. The zero-order chi connectivity index (χ0) is 13.0. The van der Waals surface area contributed by atoms with Crippen LogP contribution in [-0.2, 0) is 4.79 Å². The fourth-order valence-electron chi connectivity index (χ4n) is 1.75. The van der Waals surface area contributed by atoms with Gasteiger partial charge in [0.1, 0.15) is 0 Å². The molecule has 0 aromatic carbocycles. The molecular weight excluding hydrogens is 230 g/mol. The Kier molecular flexibility index (Phi) is 3.88. The Morgan fingerprint density at radius 1 is 1.44 bits per heavy atom. The van der Waals surface area contributed by atoms with E-state index in [2.05, 4.69) is 20.8 Å². The van der Waals surface area contributed by atoms with Crippen LogP contribution in [0.3, 0.4) is 0 Å². The lowest BCUT2D eigenvalue weighted by molar-refractivity contribution is -0.120. The van der Waals surface area contributed by atoms with Gasteiger partial charge in [-0.3, -0.25) is 9.20 Å². The van der Waals surface area contributed by atoms with Crippen molar-refractivity contribution in [1.29, 1.82) is 0 Å². The largest absolute Gasteiger partial charge is 0.345 e. The average Bonchev–Trinajstić information content (AvgIpc) is 2.80. The lowest BCUT2D eigenvalue weighted by Crippen LogP contribution is -2.35. The number of hydrogen-bond acceptors (Lipinski definition) is 4. The van der Waals surface area contributed by atoms with Gasteiger partial charge in [0.15, 0.2) is 11.5 Å². The van der Waals surface area contributed by atoms with Gasteiger partial charge in [-0.15, -0.1) is 10.2 Å². The van der Waals surface area contributed by atoms with E-state index in [1.165, 1.54) is 0 Å². The van der Waals surface area contributed by atoms with E-state index in [0.717, 1.165) is 18.0 Å². The van der Waals surface area contributed by atoms with Crippen molar-refractivity contribution in [2.75, 3.05) is 13.1 Å². The van der Waals surface area contributed by atoms with E-state index in [1.807, 2.05) is 42.6 Å². The highest BCUT2D eigenvalue weighted by atomic mass is 16.2. The molecule has 6 heteroatoms. The first-order chi connectivity index (χ1) is 8.72. The van der Waals surface area contributed by atoms with Crippen LogP contribution >= 0.6 is 0 Å². The molecule has 0 saturated heterocycles. The molecular formula is C12H17N5O. The number of aromatic nitrogens is 3. The van der Waals surface area contributed by atoms with Gasteiger partial charge in [-0.2, -0.15) is 0 Å². The van der Waals surface area contributed by atoms with Crippen LogP contribution in [0.2, 0.25) is 0 Å². The van der Waals surface area contributed by atoms with E-state index in [-0.39, 0.29) is 11.9 Å². The molecule has 6 nitrogen and oxygen atoms in total. The number of hydrogen-bond donors (Lipinski definition) is 2. The van der Waals surface area contributed by atoms with Crippen molar-refractivity contribution in [3.8, 4) is 0 Å². The van der Waals surface area contributed by atoms with Crippen molar-refractivity contribution in [1.82, 2.24) is 25.2 Å². The summed E-state index contributed by atoms with van der Waals surface area (Å²) >= 11 is 0. The molecule has 0 aliphatic carbocycles. The van der Waals surface area contributed by atoms with Gasteiger partial charge in [-0.25, -0.2) is 0 Å². The summed E-state index contributed by atoms with van der Waals surface area (Å²) in [7, 11) is 0. The minimum atomic E-state index is -0.173. The molecule has 2 N–H and O–H groups in total. The topological polar surface area (TPSA) is 71.3 Å². The number of fused-ring (bicyclic) bond motifs is 1. The molecule has 2 aromatic rings. The molecule has 0 aliphatic heterocycles. The molecule has 1 atom stereocenters. The van der Waals surface area contributed by atoms with Gasteiger partial charge < -0.3 is 10.6 Å². The lowest BCUT2D eigenvalue weighted by Gasteiger charge is -2.12. The molecule has 2 heterocycles. The maximum atomic E-state index is 11.6. The molecule has 18 heavy (non-hydrogen) atoms. The first kappa shape index (κ1) is 12.5. The summed E-state index contributed by atoms with van der Waals surface area (Å²) in [6.45, 7) is 4.95. The van der Waals surface area contributed by atoms with Crippen LogP contribution in [-0.4, -0.2) is 33.6 Å². The van der Waals surface area contributed by atoms with Gasteiger partial charge in [0.05, 0.1) is 12.6 Å². The Labute approximate surface area is 105 Å². The predicted octanol–water partition coefficient (Wildman–Crippen LogP) is 0.516. The van der Waals surface area contributed by atoms with Crippen LogP contribution in [0.1, 0.15) is 25.7 Å². The average molecular weight is 247 g/mol. The lowest BCUT2D eigenvalue weighted by atomic mass is 10.3. The Bertz CT molecular complexity index is 536. The van der Waals surface area contributed by atoms with E-state index in [0.29, 0.717) is 6.54 Å². The monoisotopic (exact) mass is 247 g/mol. The van der Waals surface area contributed by atoms with Gasteiger partial charge in [-0.05, 0) is 25.6 Å². The molecule has 2 aromatic heterocycles. The number of rotatable bonds is 5. The summed E-state index contributed by atoms with van der Waals surface area (Å²) < 4.78 is 1.87. The van der Waals surface area contributed by atoms with E-state index in [4.69, 9.17) is 0 Å². The van der Waals surface area contributed by atoms with Gasteiger partial charge in [0, 0.05) is 6.20 Å². The number of carbonyl (C=O) groups is 1. The van der Waals surface area contributed by atoms with Gasteiger partial charge in [-0.1, -0.05) is 13.0 Å². The molecule has 0 aliphatic rings. The number of amides is 1. The third kappa shape index (κ3) is 2.65. The molecule has 0 fully saturated rings. The van der Waals surface area contributed by atoms with Gasteiger partial charge in [0.25, 0.3) is 0 Å². The highest BCUT2D eigenvalue weighted by molar-refractivity contribution is 5.78. The Balaban J connectivity index is 2.09. The molecule has 1 unspecified atom stereocenters. The summed E-state index contributed by atoms with van der Waals surface area (Å²) in [5, 5.41) is 14.0. The SMILES string of the molecule is CCNCC(=O)NC(C)c1nnc2ccccn12. The van der Waals surface area contributed by atoms with Crippen LogP contribution in [0.4, 0.5) is 0 Å². The minimum absolute atomic E-state index is 0.0444. The molecule has 96 valence electrons. The summed E-state index contributed by atoms with van der Waals surface area (Å²) in [4.78, 5) is 11.6. The van der Waals surface area contributed by atoms with E-state index >= 15 is 0 Å². The van der Waals surface area contributed by atoms with Crippen molar-refractivity contribution < 1.29 is 4.79 Å². The summed E-state index contributed by atoms with van der Waals surface area (Å²) in [6, 6.07) is 5.52. The maximum Gasteiger partial charge on any atom is 0.234 e. The Morgan fingerprint density at radius 3 is 3.06 bits per heavy atom. The normalized spacial score (nSPS) is 12.6. The van der Waals surface area contributed by atoms with Gasteiger partial charge >= 0.3 is 0 Å². The Hall–Kier alpha value is -1.95. The molecule has 0 radical (unpaired) electrons. The summed E-state index contributed by atoms with van der Waals surface area (Å²) in [5.41, 5.74) is 0.778. The second kappa shape index (κ2) is 5.59. The van der Waals surface area contributed by atoms with E-state index < -0.39 is 0 Å². The van der Waals surface area contributed by atoms with Crippen LogP contribution in [0, 0.1) is 0 Å². The quantitative estimate of drug-likeness (QED) is 0.808. The smallest absolute Gasteiger partial charge is 0.234 e. The number of carbonyl (C=O) groups excluding carboxylic acids is 1. The van der Waals surface area contributed by atoms with E-state index in [1.54, 1.807) is 0 Å². The number of pyridine rings is 1. The summed E-state index contributed by atoms with van der Waals surface area (Å²) in [6.07, 6.45) is 1.89. The molecule has 0 bridgehead atoms. The van der Waals surface area contributed by atoms with Crippen molar-refractivity contribution in [2.24, 2.45) is 0 Å². The maximum absolute atomic E-state index is 11.6. The number of nitrogens with zero attached hydrogens (tertiary/aromatic N) is 3. The molecule has 0 spiro atoms. The third-order valence-corrected chi connectivity index (χ3v) is 2.64. The number of likely N-dealkylation sites (N-methyl/N-ethyl adjacent to an activating group) is 1. The minimum Gasteiger partial charge on any atom is -0.345 e. The van der Waals surface area contributed by atoms with Crippen molar-refractivity contribution in [3.63, 3.8) is 0 Å². The van der Waals surface area contributed by atoms with Crippen molar-refractivity contribution >= 4 is 11.6 Å². The zero-order valence-electron chi connectivity index (χ0n) is 10.6. The molecule has 2 rings (SSSR count). The standard InChI is InChI=1S/C12H17N5O/c1-3-13-8-11(18)14-9(2)12-16-15-10-6-4-5-7-17(10)12/h4-7,9,13H,3,8H2,1-2H3,(H,14,18). The Morgan fingerprint density at radius 2 is 2.28 bits per heavy atom. The van der Waals surface area contributed by atoms with Crippen LogP contribution < -0.4 is 10.6 Å². The van der Waals surface area contributed by atoms with Crippen LogP contribution in [0.25, 0.3) is 5.65 Å². The third-order valence-electron chi connectivity index (χ3n) is 2.64. The summed E-state index contributed by atoms with van der Waals surface area (Å²) in [5.74, 6) is 0.687. The van der Waals surface area contributed by atoms with Crippen LogP contribution in [0.5, 0.6) is 0 Å². The fraction of sp³-hybridized carbons (Fsp3) is 0.417. The second-order valence-electron chi connectivity index (χ2n) is 4.06. The first-order valence-electron chi connectivity index (χ1n) is 6.02. The predicted molar refractivity (Wildman–Crippen MR) is 68.1 cm³/mol. The van der Waals surface area contributed by atoms with Crippen molar-refractivity contribution in [3.05, 3.63) is 30.2 Å². The fourth-order valence-corrected chi connectivity index (χ4v) is 1.75. The highest BCUT2D eigenvalue weighted by Crippen LogP contribution is 2.11. The van der Waals surface area contributed by atoms with Crippen LogP contribution in [0.15, 0.2) is 24.4 Å². The molecule has 0 saturated carbocycles. The zero-order valence-corrected chi connectivity index (χ0v) is 10.6. The van der Waals surface area contributed by atoms with E-state index in [9.17, 15) is 4.79 Å². The number of nitrogens with one attached hydrogen (secondary N) is 2. The highest BCUT2D eigenvalue weighted by Gasteiger charge is 2.14. The first-order valence-corrected chi connectivity index (χ1v) is 6.02.